The fourth-order valence-electron chi connectivity index (χ4n) is 4.11. The Labute approximate surface area is 198 Å². The van der Waals surface area contributed by atoms with Gasteiger partial charge in [-0.15, -0.1) is 11.8 Å². The Bertz CT molecular complexity index is 1560. The summed E-state index contributed by atoms with van der Waals surface area (Å²) in [6.07, 6.45) is 1.76. The molecule has 0 radical (unpaired) electrons. The molecule has 0 saturated heterocycles. The van der Waals surface area contributed by atoms with Crippen LogP contribution in [0.25, 0.3) is 21.9 Å². The van der Waals surface area contributed by atoms with E-state index >= 15 is 0 Å². The van der Waals surface area contributed by atoms with Crippen molar-refractivity contribution in [3.8, 4) is 0 Å². The standard InChI is InChI=1S/C25H19N5O3S/c31-24-14-34-23-10-9-15(27-25(32)28-19-12-26-18-7-3-1-5-16(18)19)11-21(23)30(24)13-20-17-6-2-4-8-22(17)33-29-20/h1-12,26H,13-14H2,(H2,27,28,32). The van der Waals surface area contributed by atoms with Crippen LogP contribution in [-0.2, 0) is 11.3 Å². The van der Waals surface area contributed by atoms with Crippen molar-refractivity contribution >= 4 is 62.6 Å². The summed E-state index contributed by atoms with van der Waals surface area (Å²) >= 11 is 1.48. The molecule has 8 nitrogen and oxygen atoms in total. The lowest BCUT2D eigenvalue weighted by Gasteiger charge is -2.29. The second-order valence-electron chi connectivity index (χ2n) is 7.90. The summed E-state index contributed by atoms with van der Waals surface area (Å²) < 4.78 is 5.41. The lowest BCUT2D eigenvalue weighted by atomic mass is 10.2. The molecule has 1 aliphatic heterocycles. The second-order valence-corrected chi connectivity index (χ2v) is 8.92. The van der Waals surface area contributed by atoms with Crippen LogP contribution in [-0.4, -0.2) is 27.8 Å². The molecule has 0 spiro atoms. The van der Waals surface area contributed by atoms with Crippen molar-refractivity contribution in [2.24, 2.45) is 0 Å². The minimum Gasteiger partial charge on any atom is -0.359 e. The number of rotatable bonds is 4. The third kappa shape index (κ3) is 3.65. The smallest absolute Gasteiger partial charge is 0.323 e. The zero-order chi connectivity index (χ0) is 23.1. The summed E-state index contributed by atoms with van der Waals surface area (Å²) in [6, 6.07) is 20.5. The van der Waals surface area contributed by atoms with Crippen LogP contribution in [0.5, 0.6) is 0 Å². The molecule has 0 fully saturated rings. The largest absolute Gasteiger partial charge is 0.359 e. The Balaban J connectivity index is 1.25. The molecule has 3 amide bonds. The van der Waals surface area contributed by atoms with E-state index in [0.29, 0.717) is 28.4 Å². The van der Waals surface area contributed by atoms with Crippen LogP contribution in [0.4, 0.5) is 21.9 Å². The van der Waals surface area contributed by atoms with E-state index in [-0.39, 0.29) is 18.5 Å². The molecular formula is C25H19N5O3S. The predicted octanol–water partition coefficient (Wildman–Crippen LogP) is 5.59. The summed E-state index contributed by atoms with van der Waals surface area (Å²) in [5, 5.41) is 11.7. The van der Waals surface area contributed by atoms with Crippen molar-refractivity contribution in [2.75, 3.05) is 21.3 Å². The molecule has 34 heavy (non-hydrogen) atoms. The fourth-order valence-corrected chi connectivity index (χ4v) is 5.03. The molecule has 3 heterocycles. The molecule has 1 aliphatic rings. The van der Waals surface area contributed by atoms with Gasteiger partial charge in [-0.25, -0.2) is 4.79 Å². The predicted molar refractivity (Wildman–Crippen MR) is 133 cm³/mol. The van der Waals surface area contributed by atoms with E-state index in [0.717, 1.165) is 26.9 Å². The van der Waals surface area contributed by atoms with Gasteiger partial charge < -0.3 is 25.0 Å². The van der Waals surface area contributed by atoms with Crippen LogP contribution in [0.1, 0.15) is 5.69 Å². The number of para-hydroxylation sites is 2. The van der Waals surface area contributed by atoms with E-state index in [2.05, 4.69) is 20.8 Å². The minimum atomic E-state index is -0.367. The molecule has 6 rings (SSSR count). The van der Waals surface area contributed by atoms with Gasteiger partial charge in [-0.3, -0.25) is 4.79 Å². The third-order valence-corrected chi connectivity index (χ3v) is 6.80. The number of thioether (sulfide) groups is 1. The molecule has 0 aliphatic carbocycles. The number of anilines is 3. The highest BCUT2D eigenvalue weighted by Gasteiger charge is 2.27. The van der Waals surface area contributed by atoms with Crippen molar-refractivity contribution in [3.63, 3.8) is 0 Å². The van der Waals surface area contributed by atoms with Crippen LogP contribution in [0.3, 0.4) is 0 Å². The summed E-state index contributed by atoms with van der Waals surface area (Å²) in [4.78, 5) is 31.3. The van der Waals surface area contributed by atoms with E-state index in [4.69, 9.17) is 4.52 Å². The van der Waals surface area contributed by atoms with Crippen molar-refractivity contribution in [1.29, 1.82) is 0 Å². The van der Waals surface area contributed by atoms with Crippen molar-refractivity contribution in [2.45, 2.75) is 11.4 Å². The first kappa shape index (κ1) is 20.4. The Morgan fingerprint density at radius 3 is 2.79 bits per heavy atom. The SMILES string of the molecule is O=C(Nc1ccc2c(c1)N(Cc1noc3ccccc13)C(=O)CS2)Nc1c[nH]c2ccccc12. The normalized spacial score (nSPS) is 13.3. The highest BCUT2D eigenvalue weighted by atomic mass is 32.2. The summed E-state index contributed by atoms with van der Waals surface area (Å²) in [5.41, 5.74) is 4.33. The van der Waals surface area contributed by atoms with Gasteiger partial charge in [0.15, 0.2) is 5.58 Å². The number of carbonyl (C=O) groups is 2. The number of amides is 3. The van der Waals surface area contributed by atoms with Gasteiger partial charge >= 0.3 is 6.03 Å². The average molecular weight is 470 g/mol. The van der Waals surface area contributed by atoms with E-state index in [1.807, 2.05) is 66.7 Å². The lowest BCUT2D eigenvalue weighted by molar-refractivity contribution is -0.116. The van der Waals surface area contributed by atoms with Gasteiger partial charge in [-0.1, -0.05) is 35.5 Å². The topological polar surface area (TPSA) is 103 Å². The first-order valence-electron chi connectivity index (χ1n) is 10.7. The van der Waals surface area contributed by atoms with Crippen LogP contribution in [0.15, 0.2) is 82.3 Å². The van der Waals surface area contributed by atoms with E-state index < -0.39 is 0 Å². The molecule has 0 atom stereocenters. The first-order valence-corrected chi connectivity index (χ1v) is 11.7. The number of hydrogen-bond donors (Lipinski definition) is 3. The summed E-state index contributed by atoms with van der Waals surface area (Å²) in [5.74, 6) is 0.321. The minimum absolute atomic E-state index is 0.0232. The highest BCUT2D eigenvalue weighted by molar-refractivity contribution is 8.00. The number of fused-ring (bicyclic) bond motifs is 3. The third-order valence-electron chi connectivity index (χ3n) is 5.76. The molecule has 0 unspecified atom stereocenters. The molecule has 5 aromatic rings. The molecular weight excluding hydrogens is 450 g/mol. The monoisotopic (exact) mass is 469 g/mol. The van der Waals surface area contributed by atoms with E-state index in [1.54, 1.807) is 11.1 Å². The maximum Gasteiger partial charge on any atom is 0.323 e. The van der Waals surface area contributed by atoms with Crippen LogP contribution >= 0.6 is 11.8 Å². The fraction of sp³-hybridized carbons (Fsp3) is 0.0800. The van der Waals surface area contributed by atoms with Gasteiger partial charge in [-0.05, 0) is 36.4 Å². The van der Waals surface area contributed by atoms with E-state index in [1.165, 1.54) is 11.8 Å². The van der Waals surface area contributed by atoms with Gasteiger partial charge in [0.05, 0.1) is 23.7 Å². The van der Waals surface area contributed by atoms with Crippen molar-refractivity contribution in [3.05, 3.63) is 78.6 Å². The Morgan fingerprint density at radius 1 is 1.06 bits per heavy atom. The number of aromatic nitrogens is 2. The lowest BCUT2D eigenvalue weighted by Crippen LogP contribution is -2.35. The zero-order valence-electron chi connectivity index (χ0n) is 17.9. The number of carbonyl (C=O) groups excluding carboxylic acids is 2. The number of nitrogens with one attached hydrogen (secondary N) is 3. The maximum atomic E-state index is 12.8. The maximum absolute atomic E-state index is 12.8. The number of nitrogens with zero attached hydrogens (tertiary/aromatic N) is 2. The zero-order valence-corrected chi connectivity index (χ0v) is 18.7. The van der Waals surface area contributed by atoms with Gasteiger partial charge in [0.2, 0.25) is 5.91 Å². The Kier molecular flexibility index (Phi) is 4.96. The Hall–Kier alpha value is -4.24. The number of aromatic amines is 1. The van der Waals surface area contributed by atoms with Gasteiger partial charge in [0.25, 0.3) is 0 Å². The number of urea groups is 1. The molecule has 2 aromatic heterocycles. The van der Waals surface area contributed by atoms with Crippen molar-refractivity contribution < 1.29 is 14.1 Å². The van der Waals surface area contributed by atoms with Crippen molar-refractivity contribution in [1.82, 2.24) is 10.1 Å². The van der Waals surface area contributed by atoms with Gasteiger partial charge in [0.1, 0.15) is 5.69 Å². The molecule has 3 N–H and O–H groups in total. The summed E-state index contributed by atoms with van der Waals surface area (Å²) in [7, 11) is 0. The molecule has 3 aromatic carbocycles. The molecule has 0 bridgehead atoms. The number of H-pyrrole nitrogens is 1. The molecule has 9 heteroatoms. The van der Waals surface area contributed by atoms with Crippen LogP contribution < -0.4 is 15.5 Å². The Morgan fingerprint density at radius 2 is 1.88 bits per heavy atom. The first-order chi connectivity index (χ1) is 16.7. The molecule has 0 saturated carbocycles. The van der Waals surface area contributed by atoms with Crippen LogP contribution in [0.2, 0.25) is 0 Å². The van der Waals surface area contributed by atoms with E-state index in [9.17, 15) is 9.59 Å². The highest BCUT2D eigenvalue weighted by Crippen LogP contribution is 2.38. The number of hydrogen-bond acceptors (Lipinski definition) is 5. The van der Waals surface area contributed by atoms with Gasteiger partial charge in [-0.2, -0.15) is 0 Å². The quantitative estimate of drug-likeness (QED) is 0.318. The van der Waals surface area contributed by atoms with Crippen LogP contribution in [0, 0.1) is 0 Å². The molecule has 168 valence electrons. The number of benzene rings is 3. The second kappa shape index (κ2) is 8.27. The summed E-state index contributed by atoms with van der Waals surface area (Å²) in [6.45, 7) is 0.286. The van der Waals surface area contributed by atoms with Gasteiger partial charge in [0, 0.05) is 33.1 Å². The average Bonchev–Trinajstić information content (AvgIpc) is 3.45.